The number of carboxylic acid groups (broad SMARTS) is 1. The Labute approximate surface area is 113 Å². The number of aliphatic carboxylic acids is 1. The zero-order valence-electron chi connectivity index (χ0n) is 10.0. The Hall–Kier alpha value is -1.60. The number of carbonyl (C=O) groups excluding carboxylic acids is 1. The summed E-state index contributed by atoms with van der Waals surface area (Å²) in [4.78, 5) is 22.7. The average Bonchev–Trinajstić information content (AvgIpc) is 2.38. The van der Waals surface area contributed by atoms with Crippen molar-refractivity contribution in [3.8, 4) is 0 Å². The van der Waals surface area contributed by atoms with Gasteiger partial charge in [0.1, 0.15) is 11.9 Å². The molecule has 0 aliphatic heterocycles. The summed E-state index contributed by atoms with van der Waals surface area (Å²) in [5.74, 6) is -1.64. The molecule has 0 bridgehead atoms. The second-order valence-corrected chi connectivity index (χ2v) is 4.82. The van der Waals surface area contributed by atoms with Crippen molar-refractivity contribution in [2.75, 3.05) is 18.1 Å². The first-order valence-electron chi connectivity index (χ1n) is 5.52. The van der Waals surface area contributed by atoms with Gasteiger partial charge in [0.2, 0.25) is 0 Å². The number of aliphatic hydroxyl groups is 1. The molecule has 0 radical (unpaired) electrons. The number of carbonyl (C=O) groups is 2. The molecule has 104 valence electrons. The van der Waals surface area contributed by atoms with Crippen molar-refractivity contribution < 1.29 is 24.2 Å². The lowest BCUT2D eigenvalue weighted by Gasteiger charge is -2.14. The molecule has 3 N–H and O–H groups in total. The van der Waals surface area contributed by atoms with E-state index >= 15 is 0 Å². The number of rotatable bonds is 7. The Balaban J connectivity index is 2.60. The van der Waals surface area contributed by atoms with Gasteiger partial charge in [0.25, 0.3) is 5.91 Å². The summed E-state index contributed by atoms with van der Waals surface area (Å²) >= 11 is 1.22. The van der Waals surface area contributed by atoms with Crippen molar-refractivity contribution in [1.82, 2.24) is 5.32 Å². The van der Waals surface area contributed by atoms with Gasteiger partial charge in [0.05, 0.1) is 6.61 Å². The molecule has 1 aromatic rings. The van der Waals surface area contributed by atoms with E-state index in [1.165, 1.54) is 23.9 Å². The topological polar surface area (TPSA) is 86.6 Å². The van der Waals surface area contributed by atoms with E-state index in [0.717, 1.165) is 12.1 Å². The van der Waals surface area contributed by atoms with Crippen LogP contribution in [0, 0.1) is 5.82 Å². The number of hydrogen-bond donors (Lipinski definition) is 3. The maximum atomic E-state index is 12.7. The quantitative estimate of drug-likeness (QED) is 0.644. The molecular weight excluding hydrogens is 273 g/mol. The van der Waals surface area contributed by atoms with Crippen LogP contribution in [-0.4, -0.2) is 46.2 Å². The molecule has 5 nitrogen and oxygen atoms in total. The Kier molecular flexibility index (Phi) is 6.31. The monoisotopic (exact) mass is 287 g/mol. The third-order valence-corrected chi connectivity index (χ3v) is 3.27. The van der Waals surface area contributed by atoms with Crippen LogP contribution in [0.1, 0.15) is 10.4 Å². The van der Waals surface area contributed by atoms with Gasteiger partial charge in [0.15, 0.2) is 0 Å². The fourth-order valence-electron chi connectivity index (χ4n) is 1.28. The van der Waals surface area contributed by atoms with Gasteiger partial charge in [-0.3, -0.25) is 4.79 Å². The van der Waals surface area contributed by atoms with E-state index in [1.54, 1.807) is 0 Å². The minimum Gasteiger partial charge on any atom is -0.480 e. The first kappa shape index (κ1) is 15.5. The van der Waals surface area contributed by atoms with Gasteiger partial charge in [-0.15, -0.1) is 0 Å². The van der Waals surface area contributed by atoms with Crippen LogP contribution in [-0.2, 0) is 4.79 Å². The highest BCUT2D eigenvalue weighted by molar-refractivity contribution is 7.99. The maximum absolute atomic E-state index is 12.7. The molecule has 1 aromatic carbocycles. The fraction of sp³-hybridized carbons (Fsp3) is 0.333. The summed E-state index contributed by atoms with van der Waals surface area (Å²) in [5.41, 5.74) is 0.194. The number of thioether (sulfide) groups is 1. The second-order valence-electron chi connectivity index (χ2n) is 3.67. The molecule has 0 aromatic heterocycles. The van der Waals surface area contributed by atoms with Crippen LogP contribution >= 0.6 is 11.8 Å². The fourth-order valence-corrected chi connectivity index (χ4v) is 2.04. The number of hydrogen-bond acceptors (Lipinski definition) is 4. The highest BCUT2D eigenvalue weighted by atomic mass is 32.2. The molecule has 1 amide bonds. The van der Waals surface area contributed by atoms with Crippen LogP contribution in [0.3, 0.4) is 0 Å². The highest BCUT2D eigenvalue weighted by Crippen LogP contribution is 2.06. The molecule has 0 saturated heterocycles. The smallest absolute Gasteiger partial charge is 0.327 e. The standard InChI is InChI=1S/C12H14FNO4S/c13-9-3-1-8(2-4-9)11(16)14-10(12(17)18)7-19-6-5-15/h1-4,10,15H,5-7H2,(H,14,16)(H,17,18)/t10-/m0/s1. The van der Waals surface area contributed by atoms with Crippen LogP contribution in [0.4, 0.5) is 4.39 Å². The van der Waals surface area contributed by atoms with E-state index in [0.29, 0.717) is 5.75 Å². The van der Waals surface area contributed by atoms with E-state index < -0.39 is 23.7 Å². The van der Waals surface area contributed by atoms with Crippen LogP contribution in [0.2, 0.25) is 0 Å². The summed E-state index contributed by atoms with van der Waals surface area (Å²) in [7, 11) is 0. The number of amides is 1. The van der Waals surface area contributed by atoms with E-state index in [1.807, 2.05) is 0 Å². The third kappa shape index (κ3) is 5.27. The van der Waals surface area contributed by atoms with E-state index in [2.05, 4.69) is 5.32 Å². The van der Waals surface area contributed by atoms with Crippen molar-refractivity contribution in [3.63, 3.8) is 0 Å². The highest BCUT2D eigenvalue weighted by Gasteiger charge is 2.20. The van der Waals surface area contributed by atoms with Gasteiger partial charge in [-0.25, -0.2) is 9.18 Å². The molecule has 1 rings (SSSR count). The van der Waals surface area contributed by atoms with E-state index in [4.69, 9.17) is 10.2 Å². The van der Waals surface area contributed by atoms with Gasteiger partial charge in [-0.05, 0) is 24.3 Å². The molecule has 0 aliphatic carbocycles. The first-order chi connectivity index (χ1) is 9.04. The summed E-state index contributed by atoms with van der Waals surface area (Å²) in [6.45, 7) is -0.0527. The number of aliphatic hydroxyl groups excluding tert-OH is 1. The Bertz CT molecular complexity index is 438. The molecule has 7 heteroatoms. The van der Waals surface area contributed by atoms with Crippen LogP contribution < -0.4 is 5.32 Å². The van der Waals surface area contributed by atoms with E-state index in [9.17, 15) is 14.0 Å². The average molecular weight is 287 g/mol. The van der Waals surface area contributed by atoms with Gasteiger partial charge in [-0.1, -0.05) is 0 Å². The van der Waals surface area contributed by atoms with Gasteiger partial charge in [0, 0.05) is 17.1 Å². The zero-order valence-corrected chi connectivity index (χ0v) is 10.8. The largest absolute Gasteiger partial charge is 0.480 e. The number of halogens is 1. The van der Waals surface area contributed by atoms with Crippen LogP contribution in [0.15, 0.2) is 24.3 Å². The van der Waals surface area contributed by atoms with Crippen molar-refractivity contribution in [3.05, 3.63) is 35.6 Å². The zero-order chi connectivity index (χ0) is 14.3. The van der Waals surface area contributed by atoms with Crippen LogP contribution in [0.5, 0.6) is 0 Å². The Morgan fingerprint density at radius 3 is 2.47 bits per heavy atom. The van der Waals surface area contributed by atoms with Gasteiger partial charge >= 0.3 is 5.97 Å². The number of carboxylic acids is 1. The molecule has 0 heterocycles. The second kappa shape index (κ2) is 7.75. The normalized spacial score (nSPS) is 11.9. The van der Waals surface area contributed by atoms with Crippen LogP contribution in [0.25, 0.3) is 0 Å². The van der Waals surface area contributed by atoms with Crippen molar-refractivity contribution in [2.45, 2.75) is 6.04 Å². The maximum Gasteiger partial charge on any atom is 0.327 e. The summed E-state index contributed by atoms with van der Waals surface area (Å²) in [6, 6.07) is 3.78. The summed E-state index contributed by atoms with van der Waals surface area (Å²) in [5, 5.41) is 19.9. The number of nitrogens with one attached hydrogen (secondary N) is 1. The Morgan fingerprint density at radius 1 is 1.32 bits per heavy atom. The summed E-state index contributed by atoms with van der Waals surface area (Å²) in [6.07, 6.45) is 0. The van der Waals surface area contributed by atoms with Crippen molar-refractivity contribution >= 4 is 23.6 Å². The lowest BCUT2D eigenvalue weighted by atomic mass is 10.2. The molecule has 19 heavy (non-hydrogen) atoms. The first-order valence-corrected chi connectivity index (χ1v) is 6.68. The molecular formula is C12H14FNO4S. The molecule has 0 spiro atoms. The van der Waals surface area contributed by atoms with Crippen molar-refractivity contribution in [1.29, 1.82) is 0 Å². The molecule has 0 fully saturated rings. The van der Waals surface area contributed by atoms with Gasteiger partial charge in [-0.2, -0.15) is 11.8 Å². The molecule has 1 atom stereocenters. The van der Waals surface area contributed by atoms with E-state index in [-0.39, 0.29) is 17.9 Å². The molecule has 0 unspecified atom stereocenters. The minimum atomic E-state index is -1.15. The minimum absolute atomic E-state index is 0.0527. The predicted octanol–water partition coefficient (Wildman–Crippen LogP) is 0.734. The molecule has 0 saturated carbocycles. The Morgan fingerprint density at radius 2 is 1.95 bits per heavy atom. The SMILES string of the molecule is O=C(N[C@@H](CSCCO)C(=O)O)c1ccc(F)cc1. The number of benzene rings is 1. The lowest BCUT2D eigenvalue weighted by Crippen LogP contribution is -2.42. The predicted molar refractivity (Wildman–Crippen MR) is 69.7 cm³/mol. The molecule has 0 aliphatic rings. The third-order valence-electron chi connectivity index (χ3n) is 2.23. The lowest BCUT2D eigenvalue weighted by molar-refractivity contribution is -0.138. The van der Waals surface area contributed by atoms with Gasteiger partial charge < -0.3 is 15.5 Å². The summed E-state index contributed by atoms with van der Waals surface area (Å²) < 4.78 is 12.7. The van der Waals surface area contributed by atoms with Crippen molar-refractivity contribution in [2.24, 2.45) is 0 Å².